The number of hydrogen-bond donors (Lipinski definition) is 0. The maximum Gasteiger partial charge on any atom is 0.338 e. The van der Waals surface area contributed by atoms with Crippen LogP contribution in [0.25, 0.3) is 17.8 Å². The predicted molar refractivity (Wildman–Crippen MR) is 149 cm³/mol. The predicted octanol–water partition coefficient (Wildman–Crippen LogP) is 5.25. The lowest BCUT2D eigenvalue weighted by Crippen LogP contribution is -2.39. The lowest BCUT2D eigenvalue weighted by Gasteiger charge is -2.25. The lowest BCUT2D eigenvalue weighted by molar-refractivity contribution is -0.138. The summed E-state index contributed by atoms with van der Waals surface area (Å²) in [7, 11) is 0. The van der Waals surface area contributed by atoms with Crippen molar-refractivity contribution in [2.24, 2.45) is 4.99 Å². The maximum atomic E-state index is 13.7. The van der Waals surface area contributed by atoms with Crippen LogP contribution < -0.4 is 14.9 Å². The fourth-order valence-electron chi connectivity index (χ4n) is 4.23. The number of aromatic nitrogens is 1. The Bertz CT molecular complexity index is 1670. The molecule has 0 saturated carbocycles. The van der Waals surface area contributed by atoms with Gasteiger partial charge in [0, 0.05) is 10.6 Å². The van der Waals surface area contributed by atoms with Gasteiger partial charge in [-0.05, 0) is 36.3 Å². The van der Waals surface area contributed by atoms with Gasteiger partial charge in [-0.1, -0.05) is 108 Å². The van der Waals surface area contributed by atoms with Crippen molar-refractivity contribution >= 4 is 46.8 Å². The summed E-state index contributed by atoms with van der Waals surface area (Å²) in [6.45, 7) is 1.96. The minimum atomic E-state index is -0.719. The zero-order chi connectivity index (χ0) is 25.8. The van der Waals surface area contributed by atoms with Crippen molar-refractivity contribution in [3.8, 4) is 0 Å². The number of benzene rings is 3. The standard InChI is InChI=1S/C30H23ClN2O3S/c1-2-36-29(35)25-26(21-13-7-4-8-14-21)32-30-33(27(25)22-16-18-23(31)19-17-22)28(34)24(37-30)15-9-12-20-10-5-3-6-11-20/h3-19,27H,2H2,1H3/b12-9+,24-15+/t27-/m0/s1. The number of carbonyl (C=O) groups excluding carboxylic acids is 1. The van der Waals surface area contributed by atoms with E-state index in [0.29, 0.717) is 25.6 Å². The van der Waals surface area contributed by atoms with E-state index in [1.54, 1.807) is 29.7 Å². The van der Waals surface area contributed by atoms with E-state index in [9.17, 15) is 9.59 Å². The molecule has 2 heterocycles. The molecule has 0 N–H and O–H groups in total. The Hall–Kier alpha value is -4.00. The maximum absolute atomic E-state index is 13.7. The third-order valence-corrected chi connectivity index (χ3v) is 7.15. The third-order valence-electron chi connectivity index (χ3n) is 5.90. The second-order valence-electron chi connectivity index (χ2n) is 8.28. The number of halogens is 1. The normalized spacial score (nSPS) is 15.5. The highest BCUT2D eigenvalue weighted by Gasteiger charge is 2.35. The van der Waals surface area contributed by atoms with E-state index >= 15 is 0 Å². The number of ether oxygens (including phenoxy) is 1. The summed E-state index contributed by atoms with van der Waals surface area (Å²) in [5.74, 6) is -0.511. The molecular formula is C30H23ClN2O3S. The molecule has 0 amide bonds. The van der Waals surface area contributed by atoms with Crippen molar-refractivity contribution in [1.29, 1.82) is 0 Å². The van der Waals surface area contributed by atoms with E-state index < -0.39 is 12.0 Å². The molecule has 1 aromatic heterocycles. The molecule has 4 aromatic rings. The Morgan fingerprint density at radius 2 is 1.70 bits per heavy atom. The minimum Gasteiger partial charge on any atom is -0.463 e. The second-order valence-corrected chi connectivity index (χ2v) is 9.72. The van der Waals surface area contributed by atoms with Gasteiger partial charge in [0.15, 0.2) is 4.80 Å². The van der Waals surface area contributed by atoms with Gasteiger partial charge in [0.05, 0.1) is 28.5 Å². The average molecular weight is 527 g/mol. The van der Waals surface area contributed by atoms with E-state index in [1.165, 1.54) is 11.3 Å². The summed E-state index contributed by atoms with van der Waals surface area (Å²) in [4.78, 5) is 32.5. The highest BCUT2D eigenvalue weighted by molar-refractivity contribution is 7.07. The molecule has 0 saturated heterocycles. The summed E-state index contributed by atoms with van der Waals surface area (Å²) < 4.78 is 7.56. The quantitative estimate of drug-likeness (QED) is 0.322. The Kier molecular flexibility index (Phi) is 7.30. The van der Waals surface area contributed by atoms with Crippen LogP contribution in [-0.2, 0) is 9.53 Å². The van der Waals surface area contributed by atoms with E-state index in [0.717, 1.165) is 16.7 Å². The first-order valence-electron chi connectivity index (χ1n) is 11.8. The number of carbonyl (C=O) groups is 1. The first-order chi connectivity index (χ1) is 18.1. The van der Waals surface area contributed by atoms with Gasteiger partial charge in [-0.25, -0.2) is 9.79 Å². The molecule has 1 aliphatic heterocycles. The Balaban J connectivity index is 1.75. The number of thiazole rings is 1. The van der Waals surface area contributed by atoms with Crippen LogP contribution in [0.4, 0.5) is 0 Å². The zero-order valence-corrected chi connectivity index (χ0v) is 21.6. The van der Waals surface area contributed by atoms with Crippen LogP contribution in [0.5, 0.6) is 0 Å². The molecule has 0 radical (unpaired) electrons. The van der Waals surface area contributed by atoms with Crippen LogP contribution in [-0.4, -0.2) is 17.1 Å². The van der Waals surface area contributed by atoms with Crippen molar-refractivity contribution in [3.63, 3.8) is 0 Å². The molecule has 184 valence electrons. The van der Waals surface area contributed by atoms with Crippen molar-refractivity contribution in [2.75, 3.05) is 6.61 Å². The fourth-order valence-corrected chi connectivity index (χ4v) is 5.30. The molecule has 0 aliphatic carbocycles. The molecule has 0 unspecified atom stereocenters. The van der Waals surface area contributed by atoms with Crippen LogP contribution in [0.15, 0.2) is 106 Å². The van der Waals surface area contributed by atoms with E-state index in [4.69, 9.17) is 21.3 Å². The summed E-state index contributed by atoms with van der Waals surface area (Å²) in [6, 6.07) is 25.8. The Morgan fingerprint density at radius 3 is 2.38 bits per heavy atom. The van der Waals surface area contributed by atoms with Crippen molar-refractivity contribution in [2.45, 2.75) is 13.0 Å². The van der Waals surface area contributed by atoms with Gasteiger partial charge in [0.1, 0.15) is 0 Å². The first-order valence-corrected chi connectivity index (χ1v) is 13.0. The van der Waals surface area contributed by atoms with Gasteiger partial charge in [0.25, 0.3) is 5.56 Å². The van der Waals surface area contributed by atoms with Gasteiger partial charge >= 0.3 is 5.97 Å². The summed E-state index contributed by atoms with van der Waals surface area (Å²) in [6.07, 6.45) is 5.57. The second kappa shape index (κ2) is 10.9. The van der Waals surface area contributed by atoms with Crippen LogP contribution in [0.3, 0.4) is 0 Å². The average Bonchev–Trinajstić information content (AvgIpc) is 3.24. The lowest BCUT2D eigenvalue weighted by atomic mass is 9.93. The number of nitrogens with zero attached hydrogens (tertiary/aromatic N) is 2. The van der Waals surface area contributed by atoms with Crippen molar-refractivity contribution < 1.29 is 9.53 Å². The molecule has 5 nitrogen and oxygen atoms in total. The molecule has 5 rings (SSSR count). The topological polar surface area (TPSA) is 60.7 Å². The van der Waals surface area contributed by atoms with Gasteiger partial charge < -0.3 is 4.74 Å². The molecule has 0 bridgehead atoms. The number of allylic oxidation sites excluding steroid dienone is 1. The molecule has 0 fully saturated rings. The van der Waals surface area contributed by atoms with Gasteiger partial charge in [-0.3, -0.25) is 9.36 Å². The summed E-state index contributed by atoms with van der Waals surface area (Å²) in [5, 5.41) is 0.562. The first kappa shape index (κ1) is 24.7. The molecule has 7 heteroatoms. The minimum absolute atomic E-state index is 0.201. The van der Waals surface area contributed by atoms with Crippen LogP contribution in [0, 0.1) is 0 Å². The SMILES string of the molecule is CCOC(=O)C1=C(c2ccccc2)N=c2s/c(=C/C=C/c3ccccc3)c(=O)n2[C@H]1c1ccc(Cl)cc1. The monoisotopic (exact) mass is 526 g/mol. The van der Waals surface area contributed by atoms with Gasteiger partial charge in [0.2, 0.25) is 0 Å². The van der Waals surface area contributed by atoms with Crippen LogP contribution in [0.1, 0.15) is 29.7 Å². The van der Waals surface area contributed by atoms with Crippen LogP contribution in [0.2, 0.25) is 5.02 Å². The van der Waals surface area contributed by atoms with Crippen molar-refractivity contribution in [1.82, 2.24) is 4.57 Å². The van der Waals surface area contributed by atoms with Gasteiger partial charge in [-0.2, -0.15) is 0 Å². The largest absolute Gasteiger partial charge is 0.463 e. The zero-order valence-electron chi connectivity index (χ0n) is 20.0. The number of fused-ring (bicyclic) bond motifs is 1. The Labute approximate surface area is 223 Å². The smallest absolute Gasteiger partial charge is 0.338 e. The summed E-state index contributed by atoms with van der Waals surface area (Å²) in [5.41, 5.74) is 3.12. The molecule has 1 aliphatic rings. The Morgan fingerprint density at radius 1 is 1.03 bits per heavy atom. The molecule has 1 atom stereocenters. The fraction of sp³-hybridized carbons (Fsp3) is 0.100. The number of rotatable bonds is 6. The third kappa shape index (κ3) is 5.12. The molecule has 0 spiro atoms. The highest BCUT2D eigenvalue weighted by Crippen LogP contribution is 2.35. The van der Waals surface area contributed by atoms with Crippen LogP contribution >= 0.6 is 22.9 Å². The highest BCUT2D eigenvalue weighted by atomic mass is 35.5. The van der Waals surface area contributed by atoms with Gasteiger partial charge in [-0.15, -0.1) is 0 Å². The molecule has 37 heavy (non-hydrogen) atoms. The van der Waals surface area contributed by atoms with E-state index in [2.05, 4.69) is 0 Å². The number of hydrogen-bond acceptors (Lipinski definition) is 5. The van der Waals surface area contributed by atoms with E-state index in [-0.39, 0.29) is 12.2 Å². The van der Waals surface area contributed by atoms with E-state index in [1.807, 2.05) is 84.9 Å². The number of esters is 1. The molecule has 3 aromatic carbocycles. The van der Waals surface area contributed by atoms with Crippen molar-refractivity contribution in [3.05, 3.63) is 138 Å². The molecular weight excluding hydrogens is 504 g/mol. The summed E-state index contributed by atoms with van der Waals surface area (Å²) >= 11 is 7.45.